The van der Waals surface area contributed by atoms with E-state index in [1.54, 1.807) is 6.20 Å². The standard InChI is InChI=1S/C17H26N4O2/c1-3-6-16(22)20-14-8-9-15(19-11-14)21-10-5-7-13(12-21)17(23)18-4-2/h8-9,11,13H,3-7,10,12H2,1-2H3,(H,18,23)(H,20,22). The van der Waals surface area contributed by atoms with Crippen molar-refractivity contribution < 1.29 is 9.59 Å². The Labute approximate surface area is 137 Å². The van der Waals surface area contributed by atoms with Crippen molar-refractivity contribution in [2.75, 3.05) is 29.9 Å². The smallest absolute Gasteiger partial charge is 0.224 e. The number of carbonyl (C=O) groups is 2. The summed E-state index contributed by atoms with van der Waals surface area (Å²) in [6, 6.07) is 3.77. The number of pyridine rings is 1. The second-order valence-corrected chi connectivity index (χ2v) is 5.88. The fourth-order valence-corrected chi connectivity index (χ4v) is 2.82. The second-order valence-electron chi connectivity index (χ2n) is 5.88. The van der Waals surface area contributed by atoms with Gasteiger partial charge < -0.3 is 15.5 Å². The number of hydrogen-bond acceptors (Lipinski definition) is 4. The van der Waals surface area contributed by atoms with Crippen LogP contribution in [0.2, 0.25) is 0 Å². The summed E-state index contributed by atoms with van der Waals surface area (Å²) in [4.78, 5) is 30.2. The van der Waals surface area contributed by atoms with Crippen LogP contribution in [0.3, 0.4) is 0 Å². The van der Waals surface area contributed by atoms with Gasteiger partial charge in [0.05, 0.1) is 17.8 Å². The van der Waals surface area contributed by atoms with E-state index in [2.05, 4.69) is 20.5 Å². The van der Waals surface area contributed by atoms with Crippen molar-refractivity contribution in [1.29, 1.82) is 0 Å². The number of aromatic nitrogens is 1. The summed E-state index contributed by atoms with van der Waals surface area (Å²) in [7, 11) is 0. The van der Waals surface area contributed by atoms with Gasteiger partial charge in [0.1, 0.15) is 5.82 Å². The highest BCUT2D eigenvalue weighted by molar-refractivity contribution is 5.90. The fourth-order valence-electron chi connectivity index (χ4n) is 2.82. The average Bonchev–Trinajstić information content (AvgIpc) is 2.56. The first-order valence-corrected chi connectivity index (χ1v) is 8.42. The lowest BCUT2D eigenvalue weighted by Crippen LogP contribution is -2.43. The summed E-state index contributed by atoms with van der Waals surface area (Å²) < 4.78 is 0. The molecule has 1 aliphatic heterocycles. The molecule has 1 aliphatic rings. The van der Waals surface area contributed by atoms with Gasteiger partial charge in [-0.2, -0.15) is 0 Å². The molecule has 0 saturated carbocycles. The third kappa shape index (κ3) is 4.94. The molecule has 1 aromatic heterocycles. The summed E-state index contributed by atoms with van der Waals surface area (Å²) in [5, 5.41) is 5.73. The summed E-state index contributed by atoms with van der Waals surface area (Å²) in [6.45, 7) is 6.18. The molecule has 23 heavy (non-hydrogen) atoms. The van der Waals surface area contributed by atoms with Gasteiger partial charge in [-0.1, -0.05) is 6.92 Å². The van der Waals surface area contributed by atoms with E-state index in [0.717, 1.165) is 31.6 Å². The predicted molar refractivity (Wildman–Crippen MR) is 91.4 cm³/mol. The Morgan fingerprint density at radius 2 is 2.17 bits per heavy atom. The number of piperidine rings is 1. The van der Waals surface area contributed by atoms with E-state index in [4.69, 9.17) is 0 Å². The number of carbonyl (C=O) groups excluding carboxylic acids is 2. The zero-order chi connectivity index (χ0) is 16.7. The van der Waals surface area contributed by atoms with Gasteiger partial charge in [0, 0.05) is 26.1 Å². The highest BCUT2D eigenvalue weighted by Crippen LogP contribution is 2.22. The van der Waals surface area contributed by atoms with E-state index in [-0.39, 0.29) is 17.7 Å². The Kier molecular flexibility index (Phi) is 6.38. The monoisotopic (exact) mass is 318 g/mol. The highest BCUT2D eigenvalue weighted by Gasteiger charge is 2.26. The maximum absolute atomic E-state index is 12.0. The van der Waals surface area contributed by atoms with E-state index < -0.39 is 0 Å². The molecule has 1 unspecified atom stereocenters. The minimum absolute atomic E-state index is 0.0105. The molecule has 6 heteroatoms. The van der Waals surface area contributed by atoms with Crippen LogP contribution in [0.15, 0.2) is 18.3 Å². The first-order chi connectivity index (χ1) is 11.1. The predicted octanol–water partition coefficient (Wildman–Crippen LogP) is 2.17. The summed E-state index contributed by atoms with van der Waals surface area (Å²) in [5.74, 6) is 1.01. The molecule has 2 amide bonds. The molecule has 1 fully saturated rings. The van der Waals surface area contributed by atoms with Crippen molar-refractivity contribution in [3.05, 3.63) is 18.3 Å². The zero-order valence-electron chi connectivity index (χ0n) is 14.0. The second kappa shape index (κ2) is 8.50. The number of nitrogens with zero attached hydrogens (tertiary/aromatic N) is 2. The minimum Gasteiger partial charge on any atom is -0.356 e. The van der Waals surface area contributed by atoms with E-state index >= 15 is 0 Å². The van der Waals surface area contributed by atoms with Crippen molar-refractivity contribution in [2.24, 2.45) is 5.92 Å². The van der Waals surface area contributed by atoms with Crippen molar-refractivity contribution in [3.63, 3.8) is 0 Å². The Bertz CT molecular complexity index is 530. The molecule has 0 spiro atoms. The van der Waals surface area contributed by atoms with Gasteiger partial charge >= 0.3 is 0 Å². The Balaban J connectivity index is 1.96. The van der Waals surface area contributed by atoms with Gasteiger partial charge in [-0.05, 0) is 38.3 Å². The van der Waals surface area contributed by atoms with Crippen LogP contribution in [0.25, 0.3) is 0 Å². The zero-order valence-corrected chi connectivity index (χ0v) is 14.0. The molecular weight excluding hydrogens is 292 g/mol. The maximum Gasteiger partial charge on any atom is 0.224 e. The Hall–Kier alpha value is -2.11. The molecule has 1 aromatic rings. The number of amides is 2. The van der Waals surface area contributed by atoms with Crippen molar-refractivity contribution in [2.45, 2.75) is 39.5 Å². The lowest BCUT2D eigenvalue weighted by atomic mass is 9.97. The number of hydrogen-bond donors (Lipinski definition) is 2. The summed E-state index contributed by atoms with van der Waals surface area (Å²) in [6.07, 6.45) is 4.93. The van der Waals surface area contributed by atoms with Crippen LogP contribution >= 0.6 is 0 Å². The van der Waals surface area contributed by atoms with Gasteiger partial charge in [0.2, 0.25) is 11.8 Å². The third-order valence-electron chi connectivity index (χ3n) is 3.98. The maximum atomic E-state index is 12.0. The lowest BCUT2D eigenvalue weighted by molar-refractivity contribution is -0.125. The minimum atomic E-state index is 0.0105. The highest BCUT2D eigenvalue weighted by atomic mass is 16.2. The molecule has 0 aromatic carbocycles. The molecule has 126 valence electrons. The first kappa shape index (κ1) is 17.2. The van der Waals surface area contributed by atoms with Crippen LogP contribution in [-0.2, 0) is 9.59 Å². The first-order valence-electron chi connectivity index (χ1n) is 8.42. The molecule has 2 heterocycles. The fraction of sp³-hybridized carbons (Fsp3) is 0.588. The molecule has 2 N–H and O–H groups in total. The van der Waals surface area contributed by atoms with Crippen LogP contribution in [0, 0.1) is 5.92 Å². The number of nitrogens with one attached hydrogen (secondary N) is 2. The SMILES string of the molecule is CCCC(=O)Nc1ccc(N2CCCC(C(=O)NCC)C2)nc1. The van der Waals surface area contributed by atoms with Crippen molar-refractivity contribution in [1.82, 2.24) is 10.3 Å². The van der Waals surface area contributed by atoms with Crippen LogP contribution in [0.1, 0.15) is 39.5 Å². The van der Waals surface area contributed by atoms with Gasteiger partial charge in [-0.3, -0.25) is 9.59 Å². The quantitative estimate of drug-likeness (QED) is 0.843. The molecule has 6 nitrogen and oxygen atoms in total. The normalized spacial score (nSPS) is 17.7. The van der Waals surface area contributed by atoms with Crippen LogP contribution in [0.4, 0.5) is 11.5 Å². The van der Waals surface area contributed by atoms with E-state index in [0.29, 0.717) is 25.2 Å². The summed E-state index contributed by atoms with van der Waals surface area (Å²) in [5.41, 5.74) is 0.712. The van der Waals surface area contributed by atoms with Crippen LogP contribution < -0.4 is 15.5 Å². The van der Waals surface area contributed by atoms with Gasteiger partial charge in [0.15, 0.2) is 0 Å². The van der Waals surface area contributed by atoms with Crippen molar-refractivity contribution in [3.8, 4) is 0 Å². The molecule has 1 saturated heterocycles. The van der Waals surface area contributed by atoms with Gasteiger partial charge in [0.25, 0.3) is 0 Å². The van der Waals surface area contributed by atoms with E-state index in [1.807, 2.05) is 26.0 Å². The topological polar surface area (TPSA) is 74.3 Å². The number of anilines is 2. The van der Waals surface area contributed by atoms with Crippen LogP contribution in [-0.4, -0.2) is 36.4 Å². The van der Waals surface area contributed by atoms with Gasteiger partial charge in [-0.15, -0.1) is 0 Å². The molecule has 0 aliphatic carbocycles. The molecular formula is C17H26N4O2. The number of rotatable bonds is 6. The Morgan fingerprint density at radius 1 is 1.35 bits per heavy atom. The van der Waals surface area contributed by atoms with Crippen molar-refractivity contribution >= 4 is 23.3 Å². The largest absolute Gasteiger partial charge is 0.356 e. The molecule has 1 atom stereocenters. The lowest BCUT2D eigenvalue weighted by Gasteiger charge is -2.32. The average molecular weight is 318 g/mol. The summed E-state index contributed by atoms with van der Waals surface area (Å²) >= 11 is 0. The molecule has 2 rings (SSSR count). The Morgan fingerprint density at radius 3 is 2.83 bits per heavy atom. The molecule has 0 bridgehead atoms. The van der Waals surface area contributed by atoms with E-state index in [1.165, 1.54) is 0 Å². The molecule has 0 radical (unpaired) electrons. The van der Waals surface area contributed by atoms with E-state index in [9.17, 15) is 9.59 Å². The van der Waals surface area contributed by atoms with Crippen LogP contribution in [0.5, 0.6) is 0 Å². The third-order valence-corrected chi connectivity index (χ3v) is 3.98. The van der Waals surface area contributed by atoms with Gasteiger partial charge in [-0.25, -0.2) is 4.98 Å².